The van der Waals surface area contributed by atoms with E-state index in [1.165, 1.54) is 11.3 Å². The summed E-state index contributed by atoms with van der Waals surface area (Å²) in [5.41, 5.74) is 4.78. The van der Waals surface area contributed by atoms with E-state index in [-0.39, 0.29) is 0 Å². The van der Waals surface area contributed by atoms with Crippen LogP contribution in [0.5, 0.6) is 0 Å². The van der Waals surface area contributed by atoms with Crippen molar-refractivity contribution in [2.24, 2.45) is 0 Å². The zero-order valence-corrected chi connectivity index (χ0v) is 20.8. The molecule has 0 saturated carbocycles. The first-order valence-electron chi connectivity index (χ1n) is 12.3. The van der Waals surface area contributed by atoms with Gasteiger partial charge in [0.15, 0.2) is 0 Å². The highest BCUT2D eigenvalue weighted by atomic mass is 35.5. The van der Waals surface area contributed by atoms with E-state index >= 15 is 0 Å². The number of nitrogens with one attached hydrogen (secondary N) is 1. The Morgan fingerprint density at radius 1 is 0.970 bits per heavy atom. The molecule has 5 nitrogen and oxygen atoms in total. The minimum Gasteiger partial charge on any atom is -0.382 e. The number of aryl methyl sites for hydroxylation is 2. The quantitative estimate of drug-likeness (QED) is 0.623. The largest absolute Gasteiger partial charge is 0.382 e. The van der Waals surface area contributed by atoms with Crippen molar-refractivity contribution in [2.75, 3.05) is 56.0 Å². The Morgan fingerprint density at radius 3 is 2.33 bits per heavy atom. The Bertz CT molecular complexity index is 916. The molecule has 2 heterocycles. The van der Waals surface area contributed by atoms with Gasteiger partial charge in [0.25, 0.3) is 0 Å². The number of nitrogens with zero attached hydrogens (tertiary/aromatic N) is 3. The number of halogens is 1. The first-order chi connectivity index (χ1) is 16.0. The molecule has 178 valence electrons. The smallest absolute Gasteiger partial charge is 0.222 e. The summed E-state index contributed by atoms with van der Waals surface area (Å²) in [7, 11) is 0. The van der Waals surface area contributed by atoms with E-state index in [0.29, 0.717) is 18.4 Å². The van der Waals surface area contributed by atoms with E-state index in [1.54, 1.807) is 0 Å². The Labute approximate surface area is 203 Å². The Morgan fingerprint density at radius 2 is 1.67 bits per heavy atom. The summed E-state index contributed by atoms with van der Waals surface area (Å²) in [6.45, 7) is 11.1. The molecule has 2 aromatic carbocycles. The number of carbonyl (C=O) groups is 1. The second-order valence-electron chi connectivity index (χ2n) is 9.53. The zero-order valence-electron chi connectivity index (χ0n) is 20.0. The Hall–Kier alpha value is -2.24. The van der Waals surface area contributed by atoms with Crippen LogP contribution in [0.2, 0.25) is 5.02 Å². The molecule has 1 N–H and O–H groups in total. The third-order valence-electron chi connectivity index (χ3n) is 7.03. The van der Waals surface area contributed by atoms with Crippen LogP contribution >= 0.6 is 11.6 Å². The fourth-order valence-electron chi connectivity index (χ4n) is 4.79. The summed E-state index contributed by atoms with van der Waals surface area (Å²) >= 11 is 6.24. The molecule has 33 heavy (non-hydrogen) atoms. The van der Waals surface area contributed by atoms with Gasteiger partial charge in [-0.1, -0.05) is 35.4 Å². The van der Waals surface area contributed by atoms with Crippen molar-refractivity contribution in [3.05, 3.63) is 58.6 Å². The van der Waals surface area contributed by atoms with Gasteiger partial charge in [0.1, 0.15) is 0 Å². The minimum absolute atomic E-state index is 0.310. The van der Waals surface area contributed by atoms with Crippen LogP contribution in [0.25, 0.3) is 0 Å². The maximum Gasteiger partial charge on any atom is 0.222 e. The molecule has 0 unspecified atom stereocenters. The summed E-state index contributed by atoms with van der Waals surface area (Å²) in [6.07, 6.45) is 3.57. The van der Waals surface area contributed by atoms with Gasteiger partial charge in [-0.25, -0.2) is 0 Å². The number of benzene rings is 2. The van der Waals surface area contributed by atoms with Crippen LogP contribution in [-0.4, -0.2) is 67.6 Å². The second kappa shape index (κ2) is 11.3. The second-order valence-corrected chi connectivity index (χ2v) is 9.94. The highest BCUT2D eigenvalue weighted by Crippen LogP contribution is 2.23. The maximum atomic E-state index is 12.7. The van der Waals surface area contributed by atoms with Gasteiger partial charge in [0.05, 0.1) is 0 Å². The van der Waals surface area contributed by atoms with Gasteiger partial charge < -0.3 is 15.1 Å². The van der Waals surface area contributed by atoms with Gasteiger partial charge in [-0.15, -0.1) is 0 Å². The summed E-state index contributed by atoms with van der Waals surface area (Å²) in [5, 5.41) is 4.38. The van der Waals surface area contributed by atoms with E-state index in [4.69, 9.17) is 11.6 Å². The average Bonchev–Trinajstić information content (AvgIpc) is 2.83. The average molecular weight is 469 g/mol. The number of rotatable bonds is 7. The number of piperidine rings is 1. The van der Waals surface area contributed by atoms with Crippen molar-refractivity contribution >= 4 is 28.9 Å². The van der Waals surface area contributed by atoms with Gasteiger partial charge in [-0.2, -0.15) is 0 Å². The third kappa shape index (κ3) is 6.64. The molecule has 2 aliphatic heterocycles. The van der Waals surface area contributed by atoms with Gasteiger partial charge in [-0.3, -0.25) is 9.69 Å². The lowest BCUT2D eigenvalue weighted by Crippen LogP contribution is -2.47. The fourth-order valence-corrected chi connectivity index (χ4v) is 4.97. The molecule has 0 aliphatic carbocycles. The molecule has 0 spiro atoms. The van der Waals surface area contributed by atoms with Crippen LogP contribution in [0, 0.1) is 13.8 Å². The number of piperazine rings is 1. The Balaban J connectivity index is 1.12. The molecule has 2 aliphatic rings. The molecular formula is C27H37ClN4O. The predicted octanol–water partition coefficient (Wildman–Crippen LogP) is 4.96. The van der Waals surface area contributed by atoms with Crippen LogP contribution in [0.4, 0.5) is 11.4 Å². The summed E-state index contributed by atoms with van der Waals surface area (Å²) in [4.78, 5) is 19.7. The van der Waals surface area contributed by atoms with Crippen LogP contribution in [-0.2, 0) is 4.79 Å². The van der Waals surface area contributed by atoms with Crippen LogP contribution < -0.4 is 10.2 Å². The van der Waals surface area contributed by atoms with Crippen molar-refractivity contribution < 1.29 is 4.79 Å². The zero-order chi connectivity index (χ0) is 23.2. The van der Waals surface area contributed by atoms with Crippen LogP contribution in [0.3, 0.4) is 0 Å². The lowest BCUT2D eigenvalue weighted by Gasteiger charge is -2.36. The van der Waals surface area contributed by atoms with Crippen molar-refractivity contribution in [3.8, 4) is 0 Å². The van der Waals surface area contributed by atoms with Crippen molar-refractivity contribution in [1.82, 2.24) is 9.80 Å². The minimum atomic E-state index is 0.310. The number of likely N-dealkylation sites (tertiary alicyclic amines) is 1. The molecule has 2 saturated heterocycles. The SMILES string of the molecule is Cc1ccc(N2CCN(CCCC(=O)N3CCC(Nc4ccc(C)c(Cl)c4)CC3)CC2)cc1. The molecule has 0 aromatic heterocycles. The molecule has 0 radical (unpaired) electrons. The van der Waals surface area contributed by atoms with E-state index in [1.807, 2.05) is 19.1 Å². The van der Waals surface area contributed by atoms with E-state index in [2.05, 4.69) is 57.3 Å². The fraction of sp³-hybridized carbons (Fsp3) is 0.519. The number of anilines is 2. The molecule has 0 bridgehead atoms. The molecule has 6 heteroatoms. The summed E-state index contributed by atoms with van der Waals surface area (Å²) in [6, 6.07) is 15.3. The maximum absolute atomic E-state index is 12.7. The molecule has 1 amide bonds. The highest BCUT2D eigenvalue weighted by molar-refractivity contribution is 6.31. The number of amides is 1. The summed E-state index contributed by atoms with van der Waals surface area (Å²) < 4.78 is 0. The van der Waals surface area contributed by atoms with Crippen molar-refractivity contribution in [3.63, 3.8) is 0 Å². The van der Waals surface area contributed by atoms with Gasteiger partial charge >= 0.3 is 0 Å². The first kappa shape index (κ1) is 23.9. The van der Waals surface area contributed by atoms with Crippen LogP contribution in [0.15, 0.2) is 42.5 Å². The highest BCUT2D eigenvalue weighted by Gasteiger charge is 2.23. The van der Waals surface area contributed by atoms with Crippen molar-refractivity contribution in [1.29, 1.82) is 0 Å². The lowest BCUT2D eigenvalue weighted by atomic mass is 10.0. The van der Waals surface area contributed by atoms with E-state index in [9.17, 15) is 4.79 Å². The summed E-state index contributed by atoms with van der Waals surface area (Å²) in [5.74, 6) is 0.310. The van der Waals surface area contributed by atoms with Crippen LogP contribution in [0.1, 0.15) is 36.8 Å². The Kier molecular flexibility index (Phi) is 8.15. The van der Waals surface area contributed by atoms with Gasteiger partial charge in [0, 0.05) is 68.1 Å². The molecule has 0 atom stereocenters. The molecule has 2 fully saturated rings. The number of hydrogen-bond donors (Lipinski definition) is 1. The lowest BCUT2D eigenvalue weighted by molar-refractivity contribution is -0.132. The van der Waals surface area contributed by atoms with Gasteiger partial charge in [0.2, 0.25) is 5.91 Å². The standard InChI is InChI=1S/C27H37ClN4O/c1-21-5-9-25(10-6-21)31-18-16-30(17-19-31)13-3-4-27(33)32-14-11-23(12-15-32)29-24-8-7-22(2)26(28)20-24/h5-10,20,23,29H,3-4,11-19H2,1-2H3. The normalized spacial score (nSPS) is 17.9. The monoisotopic (exact) mass is 468 g/mol. The third-order valence-corrected chi connectivity index (χ3v) is 7.43. The van der Waals surface area contributed by atoms with Crippen molar-refractivity contribution in [2.45, 2.75) is 45.6 Å². The molecular weight excluding hydrogens is 432 g/mol. The molecule has 2 aromatic rings. The predicted molar refractivity (Wildman–Crippen MR) is 138 cm³/mol. The number of hydrogen-bond acceptors (Lipinski definition) is 4. The topological polar surface area (TPSA) is 38.8 Å². The van der Waals surface area contributed by atoms with Gasteiger partial charge in [-0.05, 0) is 69.5 Å². The van der Waals surface area contributed by atoms with E-state index in [0.717, 1.165) is 81.3 Å². The number of carbonyl (C=O) groups excluding carboxylic acids is 1. The molecule has 4 rings (SSSR count). The van der Waals surface area contributed by atoms with E-state index < -0.39 is 0 Å². The first-order valence-corrected chi connectivity index (χ1v) is 12.7.